The largest absolute Gasteiger partial charge is 0.484 e. The van der Waals surface area contributed by atoms with Crippen LogP contribution in [0, 0.1) is 0 Å². The number of amides is 2. The third-order valence-electron chi connectivity index (χ3n) is 2.47. The van der Waals surface area contributed by atoms with Crippen molar-refractivity contribution < 1.29 is 14.3 Å². The van der Waals surface area contributed by atoms with Gasteiger partial charge in [-0.1, -0.05) is 36.1 Å². The number of thiocarbonyl (C=S) groups is 1. The molecule has 2 N–H and O–H groups in total. The second-order valence-corrected chi connectivity index (χ2v) is 5.60. The van der Waals surface area contributed by atoms with Crippen molar-refractivity contribution in [3.63, 3.8) is 0 Å². The Balaban J connectivity index is 2.01. The first-order valence-electron chi connectivity index (χ1n) is 5.77. The molecule has 0 unspecified atom stereocenters. The molecule has 1 aromatic carbocycles. The molecule has 1 fully saturated rings. The van der Waals surface area contributed by atoms with Gasteiger partial charge in [0.15, 0.2) is 6.61 Å². The van der Waals surface area contributed by atoms with Crippen LogP contribution in [0.15, 0.2) is 29.2 Å². The fraction of sp³-hybridized carbons (Fsp3) is 0.154. The average molecular weight is 308 g/mol. The molecule has 1 aliphatic rings. The average Bonchev–Trinajstić information content (AvgIpc) is 2.75. The van der Waals surface area contributed by atoms with Crippen LogP contribution in [0.25, 0.3) is 6.08 Å². The Morgan fingerprint density at radius 1 is 1.45 bits per heavy atom. The van der Waals surface area contributed by atoms with Crippen LogP contribution in [0.5, 0.6) is 5.75 Å². The Labute approximate surface area is 125 Å². The minimum absolute atomic E-state index is 0.0243. The monoisotopic (exact) mass is 308 g/mol. The molecule has 2 rings (SSSR count). The van der Waals surface area contributed by atoms with E-state index in [1.165, 1.54) is 11.8 Å². The summed E-state index contributed by atoms with van der Waals surface area (Å²) in [5, 5.41) is 5.03. The summed E-state index contributed by atoms with van der Waals surface area (Å²) in [6.07, 6.45) is 1.75. The fourth-order valence-corrected chi connectivity index (χ4v) is 2.50. The molecule has 0 aromatic heterocycles. The lowest BCUT2D eigenvalue weighted by Crippen LogP contribution is -2.24. The maximum atomic E-state index is 11.5. The molecule has 0 saturated carbocycles. The van der Waals surface area contributed by atoms with Crippen molar-refractivity contribution in [2.75, 3.05) is 13.7 Å². The molecule has 0 atom stereocenters. The molecule has 20 heavy (non-hydrogen) atoms. The van der Waals surface area contributed by atoms with Crippen molar-refractivity contribution >= 4 is 46.2 Å². The van der Waals surface area contributed by atoms with E-state index in [0.29, 0.717) is 15.0 Å². The highest BCUT2D eigenvalue weighted by Gasteiger charge is 2.21. The lowest BCUT2D eigenvalue weighted by Gasteiger charge is -2.05. The normalized spacial score (nSPS) is 16.1. The Kier molecular flexibility index (Phi) is 4.75. The van der Waals surface area contributed by atoms with Gasteiger partial charge < -0.3 is 15.4 Å². The van der Waals surface area contributed by atoms with Crippen molar-refractivity contribution in [1.82, 2.24) is 10.6 Å². The van der Waals surface area contributed by atoms with Crippen molar-refractivity contribution in [3.8, 4) is 5.75 Å². The molecule has 1 heterocycles. The quantitative estimate of drug-likeness (QED) is 0.648. The van der Waals surface area contributed by atoms with Crippen LogP contribution in [0.4, 0.5) is 0 Å². The van der Waals surface area contributed by atoms with Gasteiger partial charge in [0.05, 0.1) is 4.91 Å². The van der Waals surface area contributed by atoms with Gasteiger partial charge in [0.1, 0.15) is 10.1 Å². The second kappa shape index (κ2) is 6.53. The van der Waals surface area contributed by atoms with Gasteiger partial charge in [-0.15, -0.1) is 0 Å². The third kappa shape index (κ3) is 3.82. The molecule has 104 valence electrons. The van der Waals surface area contributed by atoms with Gasteiger partial charge in [-0.2, -0.15) is 0 Å². The second-order valence-electron chi connectivity index (χ2n) is 3.88. The summed E-state index contributed by atoms with van der Waals surface area (Å²) >= 11 is 6.15. The number of likely N-dealkylation sites (N-methyl/N-ethyl adjacent to an activating group) is 1. The van der Waals surface area contributed by atoms with Crippen molar-refractivity contribution in [2.24, 2.45) is 0 Å². The maximum absolute atomic E-state index is 11.5. The lowest BCUT2D eigenvalue weighted by molar-refractivity contribution is -0.122. The first kappa shape index (κ1) is 14.5. The van der Waals surface area contributed by atoms with Crippen molar-refractivity contribution in [1.29, 1.82) is 0 Å². The van der Waals surface area contributed by atoms with E-state index in [2.05, 4.69) is 10.6 Å². The summed E-state index contributed by atoms with van der Waals surface area (Å²) in [5.74, 6) is 0.221. The number of ether oxygens (including phenoxy) is 1. The summed E-state index contributed by atoms with van der Waals surface area (Å²) in [7, 11) is 1.55. The summed E-state index contributed by atoms with van der Waals surface area (Å²) in [6, 6.07) is 7.10. The molecule has 1 aromatic rings. The maximum Gasteiger partial charge on any atom is 0.263 e. The molecule has 5 nitrogen and oxygen atoms in total. The van der Waals surface area contributed by atoms with E-state index < -0.39 is 0 Å². The summed E-state index contributed by atoms with van der Waals surface area (Å²) in [6.45, 7) is -0.0243. The zero-order chi connectivity index (χ0) is 14.5. The molecule has 0 spiro atoms. The number of carbonyl (C=O) groups excluding carboxylic acids is 2. The lowest BCUT2D eigenvalue weighted by atomic mass is 10.2. The molecule has 1 saturated heterocycles. The van der Waals surface area contributed by atoms with Crippen LogP contribution in [0.3, 0.4) is 0 Å². The first-order chi connectivity index (χ1) is 9.58. The molecule has 0 aliphatic carbocycles. The molecule has 1 aliphatic heterocycles. The molecule has 0 bridgehead atoms. The molecule has 0 radical (unpaired) electrons. The van der Waals surface area contributed by atoms with Crippen LogP contribution in [-0.2, 0) is 9.59 Å². The smallest absolute Gasteiger partial charge is 0.263 e. The predicted octanol–water partition coefficient (Wildman–Crippen LogP) is 1.30. The van der Waals surface area contributed by atoms with Gasteiger partial charge in [-0.3, -0.25) is 9.59 Å². The Morgan fingerprint density at radius 3 is 2.70 bits per heavy atom. The van der Waals surface area contributed by atoms with E-state index in [4.69, 9.17) is 17.0 Å². The van der Waals surface area contributed by atoms with E-state index in [-0.39, 0.29) is 18.4 Å². The van der Waals surface area contributed by atoms with Crippen molar-refractivity contribution in [3.05, 3.63) is 34.7 Å². The van der Waals surface area contributed by atoms with E-state index >= 15 is 0 Å². The van der Waals surface area contributed by atoms with Gasteiger partial charge in [0, 0.05) is 7.05 Å². The van der Waals surface area contributed by atoms with Crippen LogP contribution in [0.1, 0.15) is 5.56 Å². The van der Waals surface area contributed by atoms with Crippen LogP contribution in [-0.4, -0.2) is 29.8 Å². The highest BCUT2D eigenvalue weighted by Crippen LogP contribution is 2.26. The third-order valence-corrected chi connectivity index (χ3v) is 3.63. The number of thioether (sulfide) groups is 1. The van der Waals surface area contributed by atoms with E-state index in [9.17, 15) is 9.59 Å². The van der Waals surface area contributed by atoms with Gasteiger partial charge in [-0.05, 0) is 23.8 Å². The van der Waals surface area contributed by atoms with Gasteiger partial charge in [-0.25, -0.2) is 0 Å². The highest BCUT2D eigenvalue weighted by atomic mass is 32.2. The van der Waals surface area contributed by atoms with E-state index in [1.54, 1.807) is 37.4 Å². The fourth-order valence-electron chi connectivity index (χ4n) is 1.45. The topological polar surface area (TPSA) is 67.4 Å². The number of hydrogen-bond acceptors (Lipinski definition) is 5. The predicted molar refractivity (Wildman–Crippen MR) is 82.3 cm³/mol. The van der Waals surface area contributed by atoms with Crippen molar-refractivity contribution in [2.45, 2.75) is 0 Å². The Hall–Kier alpha value is -1.86. The number of benzene rings is 1. The SMILES string of the molecule is CNC(=O)COc1ccc(/C=C2/SC(=S)NC2=O)cc1. The molecular formula is C13H12N2O3S2. The number of hydrogen-bond donors (Lipinski definition) is 2. The molecule has 2 amide bonds. The number of carbonyl (C=O) groups is 2. The minimum Gasteiger partial charge on any atom is -0.484 e. The standard InChI is InChI=1S/C13H12N2O3S2/c1-14-11(16)7-18-9-4-2-8(3-5-9)6-10-12(17)15-13(19)20-10/h2-6H,7H2,1H3,(H,14,16)(H,15,17,19)/b10-6+. The van der Waals surface area contributed by atoms with E-state index in [1.807, 2.05) is 0 Å². The van der Waals surface area contributed by atoms with Gasteiger partial charge >= 0.3 is 0 Å². The van der Waals surface area contributed by atoms with Crippen LogP contribution >= 0.6 is 24.0 Å². The van der Waals surface area contributed by atoms with Gasteiger partial charge in [0.25, 0.3) is 11.8 Å². The molecule has 7 heteroatoms. The Morgan fingerprint density at radius 2 is 2.15 bits per heavy atom. The summed E-state index contributed by atoms with van der Waals surface area (Å²) < 4.78 is 5.75. The zero-order valence-corrected chi connectivity index (χ0v) is 12.3. The molecular weight excluding hydrogens is 296 g/mol. The zero-order valence-electron chi connectivity index (χ0n) is 10.6. The summed E-state index contributed by atoms with van der Waals surface area (Å²) in [4.78, 5) is 23.1. The van der Waals surface area contributed by atoms with Crippen LogP contribution in [0.2, 0.25) is 0 Å². The first-order valence-corrected chi connectivity index (χ1v) is 6.99. The minimum atomic E-state index is -0.191. The highest BCUT2D eigenvalue weighted by molar-refractivity contribution is 8.26. The summed E-state index contributed by atoms with van der Waals surface area (Å²) in [5.41, 5.74) is 0.861. The van der Waals surface area contributed by atoms with Gasteiger partial charge in [0.2, 0.25) is 0 Å². The number of rotatable bonds is 4. The van der Waals surface area contributed by atoms with Crippen LogP contribution < -0.4 is 15.4 Å². The van der Waals surface area contributed by atoms with E-state index in [0.717, 1.165) is 5.56 Å². The number of nitrogens with one attached hydrogen (secondary N) is 2. The Bertz CT molecular complexity index is 582.